The summed E-state index contributed by atoms with van der Waals surface area (Å²) in [5, 5.41) is 3.35. The van der Waals surface area contributed by atoms with Gasteiger partial charge >= 0.3 is 11.9 Å². The standard InChI is InChI=1S/C30H38O6/c1-6-7-11-22-12-10-15-25-28(22)30(36-19-27(32)34-17-21(4)5)24-14-9-8-13-23(24)29(25)35-18-26(31)33-16-20(2)3/h8-10,12-15,20-21H,6-7,11,16-19H2,1-5H3. The normalized spacial score (nSPS) is 11.3. The molecule has 194 valence electrons. The lowest BCUT2D eigenvalue weighted by molar-refractivity contribution is -0.147. The molecule has 0 spiro atoms. The van der Waals surface area contributed by atoms with Crippen molar-refractivity contribution in [2.45, 2.75) is 53.9 Å². The van der Waals surface area contributed by atoms with E-state index < -0.39 is 11.9 Å². The minimum atomic E-state index is -0.406. The fourth-order valence-electron chi connectivity index (χ4n) is 3.96. The summed E-state index contributed by atoms with van der Waals surface area (Å²) in [6.45, 7) is 10.5. The van der Waals surface area contributed by atoms with Crippen molar-refractivity contribution in [2.24, 2.45) is 11.8 Å². The molecule has 3 aromatic carbocycles. The van der Waals surface area contributed by atoms with Crippen molar-refractivity contribution >= 4 is 33.5 Å². The van der Waals surface area contributed by atoms with E-state index in [1.807, 2.05) is 64.1 Å². The number of hydrogen-bond donors (Lipinski definition) is 0. The summed E-state index contributed by atoms with van der Waals surface area (Å²) in [7, 11) is 0. The Hall–Kier alpha value is -3.28. The lowest BCUT2D eigenvalue weighted by Crippen LogP contribution is -2.18. The topological polar surface area (TPSA) is 71.1 Å². The molecule has 0 saturated heterocycles. The van der Waals surface area contributed by atoms with Crippen molar-refractivity contribution < 1.29 is 28.5 Å². The predicted octanol–water partition coefficient (Wildman–Crippen LogP) is 6.49. The van der Waals surface area contributed by atoms with E-state index in [4.69, 9.17) is 18.9 Å². The van der Waals surface area contributed by atoms with Gasteiger partial charge in [-0.05, 0) is 30.2 Å². The molecule has 6 heteroatoms. The highest BCUT2D eigenvalue weighted by Crippen LogP contribution is 2.44. The number of carbonyl (C=O) groups is 2. The van der Waals surface area contributed by atoms with Crippen LogP contribution in [0.25, 0.3) is 21.5 Å². The van der Waals surface area contributed by atoms with Gasteiger partial charge in [-0.15, -0.1) is 0 Å². The summed E-state index contributed by atoms with van der Waals surface area (Å²) < 4.78 is 22.9. The second-order valence-corrected chi connectivity index (χ2v) is 9.88. The molecule has 0 aliphatic heterocycles. The highest BCUT2D eigenvalue weighted by atomic mass is 16.6. The third-order valence-corrected chi connectivity index (χ3v) is 5.66. The van der Waals surface area contributed by atoms with Gasteiger partial charge in [-0.1, -0.05) is 83.5 Å². The smallest absolute Gasteiger partial charge is 0.344 e. The van der Waals surface area contributed by atoms with Crippen LogP contribution < -0.4 is 9.47 Å². The van der Waals surface area contributed by atoms with Crippen molar-refractivity contribution in [3.63, 3.8) is 0 Å². The predicted molar refractivity (Wildman–Crippen MR) is 143 cm³/mol. The first-order chi connectivity index (χ1) is 17.3. The molecular formula is C30H38O6. The van der Waals surface area contributed by atoms with Crippen LogP contribution in [0.5, 0.6) is 11.5 Å². The highest BCUT2D eigenvalue weighted by molar-refractivity contribution is 6.12. The number of unbranched alkanes of at least 4 members (excludes halogenated alkanes) is 1. The third-order valence-electron chi connectivity index (χ3n) is 5.66. The molecule has 3 rings (SSSR count). The van der Waals surface area contributed by atoms with Crippen molar-refractivity contribution in [3.05, 3.63) is 48.0 Å². The maximum atomic E-state index is 12.4. The minimum absolute atomic E-state index is 0.185. The quantitative estimate of drug-likeness (QED) is 0.200. The van der Waals surface area contributed by atoms with Gasteiger partial charge in [-0.25, -0.2) is 9.59 Å². The molecule has 0 fully saturated rings. The van der Waals surface area contributed by atoms with Gasteiger partial charge in [-0.2, -0.15) is 0 Å². The Labute approximate surface area is 213 Å². The van der Waals surface area contributed by atoms with Gasteiger partial charge in [0.05, 0.1) is 13.2 Å². The molecule has 0 aromatic heterocycles. The molecular weight excluding hydrogens is 456 g/mol. The van der Waals surface area contributed by atoms with Crippen LogP contribution in [0.15, 0.2) is 42.5 Å². The van der Waals surface area contributed by atoms with Gasteiger partial charge in [0.15, 0.2) is 13.2 Å². The Kier molecular flexibility index (Phi) is 9.97. The van der Waals surface area contributed by atoms with Gasteiger partial charge in [-0.3, -0.25) is 0 Å². The molecule has 0 heterocycles. The molecule has 36 heavy (non-hydrogen) atoms. The van der Waals surface area contributed by atoms with Gasteiger partial charge in [0, 0.05) is 21.5 Å². The van der Waals surface area contributed by atoms with Gasteiger partial charge in [0.1, 0.15) is 11.5 Å². The zero-order valence-electron chi connectivity index (χ0n) is 22.1. The maximum Gasteiger partial charge on any atom is 0.344 e. The Balaban J connectivity index is 2.06. The van der Waals surface area contributed by atoms with E-state index in [9.17, 15) is 9.59 Å². The summed E-state index contributed by atoms with van der Waals surface area (Å²) >= 11 is 0. The largest absolute Gasteiger partial charge is 0.481 e. The van der Waals surface area contributed by atoms with Crippen LogP contribution in [0, 0.1) is 11.8 Å². The van der Waals surface area contributed by atoms with Crippen molar-refractivity contribution in [1.29, 1.82) is 0 Å². The molecule has 6 nitrogen and oxygen atoms in total. The molecule has 0 amide bonds. The van der Waals surface area contributed by atoms with Crippen molar-refractivity contribution in [1.82, 2.24) is 0 Å². The van der Waals surface area contributed by atoms with Gasteiger partial charge in [0.2, 0.25) is 0 Å². The number of rotatable bonds is 13. The number of fused-ring (bicyclic) bond motifs is 2. The van der Waals surface area contributed by atoms with Gasteiger partial charge in [0.25, 0.3) is 0 Å². The van der Waals surface area contributed by atoms with E-state index in [1.165, 1.54) is 0 Å². The van der Waals surface area contributed by atoms with E-state index in [0.29, 0.717) is 24.7 Å². The molecule has 0 atom stereocenters. The highest BCUT2D eigenvalue weighted by Gasteiger charge is 2.20. The number of hydrogen-bond acceptors (Lipinski definition) is 6. The summed E-state index contributed by atoms with van der Waals surface area (Å²) in [5.74, 6) is 0.926. The van der Waals surface area contributed by atoms with Crippen LogP contribution >= 0.6 is 0 Å². The number of benzene rings is 3. The van der Waals surface area contributed by atoms with Gasteiger partial charge < -0.3 is 18.9 Å². The lowest BCUT2D eigenvalue weighted by Gasteiger charge is -2.20. The Morgan fingerprint density at radius 2 is 1.25 bits per heavy atom. The molecule has 0 aliphatic rings. The summed E-state index contributed by atoms with van der Waals surface area (Å²) in [5.41, 5.74) is 1.11. The van der Waals surface area contributed by atoms with E-state index in [0.717, 1.165) is 46.4 Å². The molecule has 0 unspecified atom stereocenters. The zero-order valence-corrected chi connectivity index (χ0v) is 22.1. The van der Waals surface area contributed by atoms with E-state index in [1.54, 1.807) is 0 Å². The number of esters is 2. The van der Waals surface area contributed by atoms with E-state index in [2.05, 4.69) is 13.0 Å². The summed E-state index contributed by atoms with van der Waals surface area (Å²) in [6.07, 6.45) is 2.92. The average Bonchev–Trinajstić information content (AvgIpc) is 2.86. The van der Waals surface area contributed by atoms with E-state index in [-0.39, 0.29) is 25.0 Å². The number of aryl methyl sites for hydroxylation is 1. The zero-order chi connectivity index (χ0) is 26.1. The molecule has 0 saturated carbocycles. The van der Waals surface area contributed by atoms with Crippen LogP contribution in [-0.2, 0) is 25.5 Å². The maximum absolute atomic E-state index is 12.4. The second-order valence-electron chi connectivity index (χ2n) is 9.88. The minimum Gasteiger partial charge on any atom is -0.481 e. The number of carbonyl (C=O) groups excluding carboxylic acids is 2. The first-order valence-corrected chi connectivity index (χ1v) is 12.8. The first-order valence-electron chi connectivity index (χ1n) is 12.8. The summed E-state index contributed by atoms with van der Waals surface area (Å²) in [4.78, 5) is 24.7. The fraction of sp³-hybridized carbons (Fsp3) is 0.467. The SMILES string of the molecule is CCCCc1cccc2c(OCC(=O)OCC(C)C)c3ccccc3c(OCC(=O)OCC(C)C)c12. The molecule has 0 radical (unpaired) electrons. The monoisotopic (exact) mass is 494 g/mol. The second kappa shape index (κ2) is 13.1. The Morgan fingerprint density at radius 3 is 1.81 bits per heavy atom. The Morgan fingerprint density at radius 1 is 0.722 bits per heavy atom. The number of ether oxygens (including phenoxy) is 4. The van der Waals surface area contributed by atoms with Crippen LogP contribution in [0.4, 0.5) is 0 Å². The first kappa shape index (κ1) is 27.3. The van der Waals surface area contributed by atoms with Crippen LogP contribution in [0.3, 0.4) is 0 Å². The molecule has 0 N–H and O–H groups in total. The molecule has 0 bridgehead atoms. The van der Waals surface area contributed by atoms with Crippen LogP contribution in [0.2, 0.25) is 0 Å². The van der Waals surface area contributed by atoms with Crippen molar-refractivity contribution in [2.75, 3.05) is 26.4 Å². The van der Waals surface area contributed by atoms with Crippen LogP contribution in [0.1, 0.15) is 53.0 Å². The molecule has 0 aliphatic carbocycles. The average molecular weight is 495 g/mol. The van der Waals surface area contributed by atoms with Crippen LogP contribution in [-0.4, -0.2) is 38.4 Å². The third kappa shape index (κ3) is 7.12. The lowest BCUT2D eigenvalue weighted by atomic mass is 9.94. The summed E-state index contributed by atoms with van der Waals surface area (Å²) in [6, 6.07) is 13.8. The van der Waals surface area contributed by atoms with Crippen molar-refractivity contribution in [3.8, 4) is 11.5 Å². The van der Waals surface area contributed by atoms with E-state index >= 15 is 0 Å². The fourth-order valence-corrected chi connectivity index (χ4v) is 3.96. The Bertz CT molecular complexity index is 1180. The molecule has 3 aromatic rings.